The maximum Gasteiger partial charge on any atom is 0.0756 e. The summed E-state index contributed by atoms with van der Waals surface area (Å²) in [4.78, 5) is 4.94. The van der Waals surface area contributed by atoms with Crippen molar-refractivity contribution in [2.45, 2.75) is 18.8 Å². The summed E-state index contributed by atoms with van der Waals surface area (Å²) in [5.41, 5.74) is 24.1. The van der Waals surface area contributed by atoms with Gasteiger partial charge in [0.05, 0.1) is 44.2 Å². The van der Waals surface area contributed by atoms with Gasteiger partial charge in [0.25, 0.3) is 0 Å². The predicted molar refractivity (Wildman–Crippen MR) is 356 cm³/mol. The van der Waals surface area contributed by atoms with Gasteiger partial charge in [-0.2, -0.15) is 0 Å². The molecule has 2 atom stereocenters. The van der Waals surface area contributed by atoms with Crippen molar-refractivity contribution in [1.29, 1.82) is 0 Å². The van der Waals surface area contributed by atoms with E-state index in [4.69, 9.17) is 0 Å². The maximum absolute atomic E-state index is 2.55. The molecule has 0 saturated heterocycles. The Hall–Kier alpha value is -10.9. The summed E-state index contributed by atoms with van der Waals surface area (Å²) in [5.74, 6) is 0.467. The van der Waals surface area contributed by atoms with Crippen LogP contribution in [0.15, 0.2) is 297 Å². The van der Waals surface area contributed by atoms with Crippen LogP contribution in [0.2, 0.25) is 0 Å². The molecule has 5 nitrogen and oxygen atoms in total. The zero-order valence-corrected chi connectivity index (χ0v) is 46.8. The lowest BCUT2D eigenvalue weighted by Crippen LogP contribution is -2.33. The van der Waals surface area contributed by atoms with Gasteiger partial charge >= 0.3 is 0 Å². The van der Waals surface area contributed by atoms with Gasteiger partial charge in [-0.3, -0.25) is 0 Å². The first-order valence-corrected chi connectivity index (χ1v) is 29.7. The van der Waals surface area contributed by atoms with Crippen molar-refractivity contribution < 1.29 is 0 Å². The summed E-state index contributed by atoms with van der Waals surface area (Å²) >= 11 is 0. The SMILES string of the molecule is CC1C=C(n2c3ccccc3c3cc(N(c4ccccc4)c4ccc5c(c4)C4(c6cc(N(c7ccccc7)c7ccc8c(c7)c7ccccc7n8-c7ccccc7)ccc6-5)c5ccccc5-n5c6ccccc6c6cccc4c65)ccc32)C=CC1. The van der Waals surface area contributed by atoms with Crippen LogP contribution in [0.25, 0.3) is 93.6 Å². The fourth-order valence-electron chi connectivity index (χ4n) is 15.2. The lowest BCUT2D eigenvalue weighted by atomic mass is 9.65. The van der Waals surface area contributed by atoms with Crippen molar-refractivity contribution in [1.82, 2.24) is 13.7 Å². The second-order valence-electron chi connectivity index (χ2n) is 23.3. The van der Waals surface area contributed by atoms with Crippen molar-refractivity contribution >= 4 is 105 Å². The van der Waals surface area contributed by atoms with E-state index in [1.807, 2.05) is 0 Å². The molecule has 0 saturated carbocycles. The predicted octanol–water partition coefficient (Wildman–Crippen LogP) is 21.0. The van der Waals surface area contributed by atoms with Crippen molar-refractivity contribution in [3.05, 3.63) is 320 Å². The van der Waals surface area contributed by atoms with E-state index in [0.717, 1.165) is 46.2 Å². The quantitative estimate of drug-likeness (QED) is 0.151. The van der Waals surface area contributed by atoms with E-state index < -0.39 is 5.41 Å². The Balaban J connectivity index is 0.892. The van der Waals surface area contributed by atoms with Gasteiger partial charge in [0.15, 0.2) is 0 Å². The first-order valence-electron chi connectivity index (χ1n) is 29.7. The molecule has 0 amide bonds. The molecule has 18 rings (SSSR count). The molecule has 15 aromatic rings. The van der Waals surface area contributed by atoms with Crippen LogP contribution in [0.1, 0.15) is 35.6 Å². The number of nitrogens with zero attached hydrogens (tertiary/aromatic N) is 5. The summed E-state index contributed by atoms with van der Waals surface area (Å²) in [7, 11) is 0. The molecule has 0 fully saturated rings. The molecule has 12 aromatic carbocycles. The molecule has 400 valence electrons. The number of anilines is 6. The molecule has 2 aliphatic carbocycles. The highest BCUT2D eigenvalue weighted by Crippen LogP contribution is 2.63. The molecule has 1 aliphatic heterocycles. The Labute approximate surface area is 492 Å². The minimum absolute atomic E-state index is 0.467. The van der Waals surface area contributed by atoms with Gasteiger partial charge in [-0.25, -0.2) is 0 Å². The van der Waals surface area contributed by atoms with E-state index in [9.17, 15) is 0 Å². The van der Waals surface area contributed by atoms with E-state index in [0.29, 0.717) is 5.92 Å². The molecule has 85 heavy (non-hydrogen) atoms. The highest BCUT2D eigenvalue weighted by molar-refractivity contribution is 6.15. The minimum atomic E-state index is -0.745. The number of allylic oxidation sites excluding steroid dienone is 4. The zero-order valence-electron chi connectivity index (χ0n) is 46.8. The summed E-state index contributed by atoms with van der Waals surface area (Å²) in [5, 5.41) is 7.40. The van der Waals surface area contributed by atoms with Gasteiger partial charge in [0.1, 0.15) is 0 Å². The monoisotopic (exact) mass is 1090 g/mol. The molecule has 2 unspecified atom stereocenters. The van der Waals surface area contributed by atoms with E-state index in [-0.39, 0.29) is 0 Å². The third-order valence-electron chi connectivity index (χ3n) is 18.7. The van der Waals surface area contributed by atoms with Gasteiger partial charge in [-0.1, -0.05) is 177 Å². The summed E-state index contributed by atoms with van der Waals surface area (Å²) in [6, 6.07) is 104. The topological polar surface area (TPSA) is 21.3 Å². The van der Waals surface area contributed by atoms with Crippen LogP contribution in [0.3, 0.4) is 0 Å². The van der Waals surface area contributed by atoms with Crippen molar-refractivity contribution in [2.75, 3.05) is 9.80 Å². The van der Waals surface area contributed by atoms with Crippen molar-refractivity contribution in [3.8, 4) is 22.5 Å². The average Bonchev–Trinajstić information content (AvgIpc) is 1.66. The zero-order chi connectivity index (χ0) is 55.9. The number of hydrogen-bond donors (Lipinski definition) is 0. The van der Waals surface area contributed by atoms with Gasteiger partial charge in [0, 0.05) is 77.8 Å². The Bertz CT molecular complexity index is 5310. The van der Waals surface area contributed by atoms with E-state index in [2.05, 4.69) is 328 Å². The molecule has 0 radical (unpaired) electrons. The Morgan fingerprint density at radius 2 is 0.788 bits per heavy atom. The Morgan fingerprint density at radius 1 is 0.341 bits per heavy atom. The number of rotatable bonds is 8. The first kappa shape index (κ1) is 47.7. The van der Waals surface area contributed by atoms with E-state index in [1.165, 1.54) is 110 Å². The molecule has 4 heterocycles. The number of benzene rings is 12. The van der Waals surface area contributed by atoms with Crippen LogP contribution in [0.5, 0.6) is 0 Å². The van der Waals surface area contributed by atoms with E-state index >= 15 is 0 Å². The highest BCUT2D eigenvalue weighted by atomic mass is 15.2. The van der Waals surface area contributed by atoms with Crippen LogP contribution in [-0.2, 0) is 5.41 Å². The van der Waals surface area contributed by atoms with Crippen LogP contribution < -0.4 is 9.80 Å². The lowest BCUT2D eigenvalue weighted by molar-refractivity contribution is 0.735. The molecule has 5 heteroatoms. The fraction of sp³-hybridized carbons (Fsp3) is 0.0500. The number of para-hydroxylation sites is 8. The van der Waals surface area contributed by atoms with Crippen LogP contribution in [0.4, 0.5) is 34.1 Å². The van der Waals surface area contributed by atoms with Crippen LogP contribution in [-0.4, -0.2) is 13.7 Å². The maximum atomic E-state index is 2.55. The van der Waals surface area contributed by atoms with Gasteiger partial charge < -0.3 is 23.5 Å². The van der Waals surface area contributed by atoms with Crippen molar-refractivity contribution in [2.24, 2.45) is 5.92 Å². The summed E-state index contributed by atoms with van der Waals surface area (Å²) in [6.45, 7) is 2.31. The highest BCUT2D eigenvalue weighted by Gasteiger charge is 2.51. The smallest absolute Gasteiger partial charge is 0.0756 e. The second kappa shape index (κ2) is 18.3. The molecular weight excluding hydrogens is 1030 g/mol. The normalized spacial score (nSPS) is 15.7. The standard InChI is InChI=1S/C80H55N5/c1-52-21-19-28-56(47-52)84-74-36-16-13-31-65(74)68-49-58(42-46-77(68)84)82(54-24-7-3-8-25-54)60-40-44-62-61-43-39-59(81(53-22-5-2-6-23-53)57-41-45-76-67(48-57)64-30-12-15-35-73(64)83(76)55-26-9-4-10-27-55)50-71(61)80(72(62)51-60)69-33-14-18-38-78(69)85-75-37-17-11-29-63(75)66-32-20-34-70(80)79(66)85/h2-20,22-52H,21H2,1H3. The average molecular weight is 1090 g/mol. The van der Waals surface area contributed by atoms with Gasteiger partial charge in [-0.05, 0) is 173 Å². The second-order valence-corrected chi connectivity index (χ2v) is 23.3. The minimum Gasteiger partial charge on any atom is -0.310 e. The summed E-state index contributed by atoms with van der Waals surface area (Å²) < 4.78 is 7.40. The summed E-state index contributed by atoms with van der Waals surface area (Å²) in [6.07, 6.45) is 8.10. The Morgan fingerprint density at radius 3 is 1.39 bits per heavy atom. The van der Waals surface area contributed by atoms with Gasteiger partial charge in [-0.15, -0.1) is 0 Å². The molecule has 1 spiro atoms. The third-order valence-corrected chi connectivity index (χ3v) is 18.7. The Kier molecular flexibility index (Phi) is 10.3. The van der Waals surface area contributed by atoms with Crippen LogP contribution in [0, 0.1) is 5.92 Å². The lowest BCUT2D eigenvalue weighted by Gasteiger charge is -2.40. The molecule has 0 bridgehead atoms. The molecule has 3 aromatic heterocycles. The fourth-order valence-corrected chi connectivity index (χ4v) is 15.2. The largest absolute Gasteiger partial charge is 0.310 e. The molecular formula is C80H55N5. The number of hydrogen-bond acceptors (Lipinski definition) is 2. The molecule has 0 N–H and O–H groups in total. The third kappa shape index (κ3) is 6.81. The first-order chi connectivity index (χ1) is 42.1. The number of fused-ring (bicyclic) bond motifs is 18. The van der Waals surface area contributed by atoms with Crippen LogP contribution >= 0.6 is 0 Å². The molecule has 3 aliphatic rings. The number of aromatic nitrogens is 3. The van der Waals surface area contributed by atoms with Gasteiger partial charge in [0.2, 0.25) is 0 Å². The van der Waals surface area contributed by atoms with Crippen molar-refractivity contribution in [3.63, 3.8) is 0 Å². The van der Waals surface area contributed by atoms with E-state index in [1.54, 1.807) is 0 Å².